The van der Waals surface area contributed by atoms with Gasteiger partial charge in [-0.3, -0.25) is 9.78 Å². The third-order valence-electron chi connectivity index (χ3n) is 3.22. The lowest BCUT2D eigenvalue weighted by molar-refractivity contribution is 0.0906. The van der Waals surface area contributed by atoms with Crippen LogP contribution in [-0.2, 0) is 0 Å². The van der Waals surface area contributed by atoms with Gasteiger partial charge in [0, 0.05) is 24.2 Å². The van der Waals surface area contributed by atoms with Gasteiger partial charge in [0.05, 0.1) is 12.3 Å². The Morgan fingerprint density at radius 3 is 2.83 bits per heavy atom. The fraction of sp³-hybridized carbons (Fsp3) is 0.571. The van der Waals surface area contributed by atoms with Crippen LogP contribution in [0.2, 0.25) is 0 Å². The molecule has 1 fully saturated rings. The van der Waals surface area contributed by atoms with E-state index in [1.165, 1.54) is 0 Å². The Hall–Kier alpha value is -1.42. The summed E-state index contributed by atoms with van der Waals surface area (Å²) >= 11 is 0. The van der Waals surface area contributed by atoms with Gasteiger partial charge in [-0.05, 0) is 32.4 Å². The van der Waals surface area contributed by atoms with Gasteiger partial charge < -0.3 is 10.1 Å². The van der Waals surface area contributed by atoms with Crippen LogP contribution in [-0.4, -0.2) is 30.0 Å². The molecule has 0 radical (unpaired) electrons. The molecular weight excluding hydrogens is 228 g/mol. The van der Waals surface area contributed by atoms with Crippen molar-refractivity contribution < 1.29 is 9.53 Å². The van der Waals surface area contributed by atoms with Gasteiger partial charge in [0.15, 0.2) is 5.78 Å². The molecule has 2 unspecified atom stereocenters. The van der Waals surface area contributed by atoms with E-state index in [2.05, 4.69) is 17.2 Å². The molecule has 2 atom stereocenters. The molecule has 0 aromatic carbocycles. The Kier molecular flexibility index (Phi) is 3.97. The lowest BCUT2D eigenvalue weighted by Gasteiger charge is -2.14. The van der Waals surface area contributed by atoms with Crippen LogP contribution in [0, 0.1) is 11.8 Å². The van der Waals surface area contributed by atoms with E-state index in [1.54, 1.807) is 18.5 Å². The molecule has 1 aromatic heterocycles. The molecule has 1 aromatic rings. The van der Waals surface area contributed by atoms with Gasteiger partial charge in [-0.1, -0.05) is 6.92 Å². The zero-order valence-corrected chi connectivity index (χ0v) is 11.1. The molecule has 1 aliphatic rings. The molecule has 0 amide bonds. The lowest BCUT2D eigenvalue weighted by Crippen LogP contribution is -2.21. The Morgan fingerprint density at radius 2 is 2.22 bits per heavy atom. The summed E-state index contributed by atoms with van der Waals surface area (Å²) in [5.41, 5.74) is 0.647. The maximum absolute atomic E-state index is 12.4. The van der Waals surface area contributed by atoms with E-state index in [0.29, 0.717) is 17.2 Å². The number of ketones is 1. The second kappa shape index (κ2) is 5.48. The van der Waals surface area contributed by atoms with Crippen LogP contribution >= 0.6 is 0 Å². The van der Waals surface area contributed by atoms with Crippen molar-refractivity contribution in [2.24, 2.45) is 11.8 Å². The van der Waals surface area contributed by atoms with Crippen molar-refractivity contribution in [2.45, 2.75) is 26.9 Å². The average Bonchev–Trinajstić information content (AvgIpc) is 2.74. The van der Waals surface area contributed by atoms with E-state index in [9.17, 15) is 4.79 Å². The number of pyridine rings is 1. The summed E-state index contributed by atoms with van der Waals surface area (Å²) in [4.78, 5) is 16.4. The van der Waals surface area contributed by atoms with Gasteiger partial charge in [-0.15, -0.1) is 0 Å². The molecule has 2 heterocycles. The summed E-state index contributed by atoms with van der Waals surface area (Å²) < 4.78 is 5.56. The minimum Gasteiger partial charge on any atom is -0.489 e. The second-order valence-corrected chi connectivity index (χ2v) is 5.18. The van der Waals surface area contributed by atoms with Gasteiger partial charge in [0.2, 0.25) is 0 Å². The molecule has 1 saturated heterocycles. The smallest absolute Gasteiger partial charge is 0.169 e. The first-order chi connectivity index (χ1) is 8.58. The summed E-state index contributed by atoms with van der Waals surface area (Å²) in [6.45, 7) is 7.68. The number of carbonyl (C=O) groups is 1. The van der Waals surface area contributed by atoms with E-state index in [1.807, 2.05) is 13.8 Å². The number of ether oxygens (including phenoxy) is 1. The second-order valence-electron chi connectivity index (χ2n) is 5.18. The minimum atomic E-state index is 0.0566. The zero-order valence-electron chi connectivity index (χ0n) is 11.1. The largest absolute Gasteiger partial charge is 0.489 e. The predicted octanol–water partition coefficient (Wildman–Crippen LogP) is 1.91. The Morgan fingerprint density at radius 1 is 1.44 bits per heavy atom. The van der Waals surface area contributed by atoms with Gasteiger partial charge in [0.1, 0.15) is 5.75 Å². The van der Waals surface area contributed by atoms with Crippen LogP contribution < -0.4 is 10.1 Å². The van der Waals surface area contributed by atoms with Crippen molar-refractivity contribution in [3.63, 3.8) is 0 Å². The normalized spacial score (nSPS) is 23.3. The fourth-order valence-electron chi connectivity index (χ4n) is 2.27. The molecule has 18 heavy (non-hydrogen) atoms. The van der Waals surface area contributed by atoms with Crippen LogP contribution in [0.5, 0.6) is 5.75 Å². The highest BCUT2D eigenvalue weighted by Crippen LogP contribution is 2.22. The van der Waals surface area contributed by atoms with E-state index < -0.39 is 0 Å². The molecule has 4 nitrogen and oxygen atoms in total. The fourth-order valence-corrected chi connectivity index (χ4v) is 2.27. The first kappa shape index (κ1) is 13.0. The van der Waals surface area contributed by atoms with E-state index in [-0.39, 0.29) is 17.8 Å². The summed E-state index contributed by atoms with van der Waals surface area (Å²) in [6.07, 6.45) is 3.36. The number of carbonyl (C=O) groups excluding carboxylic acids is 1. The predicted molar refractivity (Wildman–Crippen MR) is 69.9 cm³/mol. The highest BCUT2D eigenvalue weighted by molar-refractivity contribution is 5.98. The monoisotopic (exact) mass is 248 g/mol. The van der Waals surface area contributed by atoms with Crippen LogP contribution in [0.1, 0.15) is 31.1 Å². The third-order valence-corrected chi connectivity index (χ3v) is 3.22. The van der Waals surface area contributed by atoms with Crippen molar-refractivity contribution in [1.82, 2.24) is 10.3 Å². The standard InChI is InChI=1S/C14H20N2O2/c1-9(2)18-12-4-11(6-16-7-12)14(17)13-8-15-5-10(13)3/h4,6-7,9-10,13,15H,5,8H2,1-3H3. The molecule has 98 valence electrons. The number of Topliss-reactive ketones (excluding diaryl/α,β-unsaturated/α-hetero) is 1. The zero-order chi connectivity index (χ0) is 13.1. The van der Waals surface area contributed by atoms with Crippen molar-refractivity contribution in [3.8, 4) is 5.75 Å². The summed E-state index contributed by atoms with van der Waals surface area (Å²) in [7, 11) is 0. The first-order valence-electron chi connectivity index (χ1n) is 6.44. The topological polar surface area (TPSA) is 51.2 Å². The molecular formula is C14H20N2O2. The summed E-state index contributed by atoms with van der Waals surface area (Å²) in [6, 6.07) is 1.79. The number of hydrogen-bond acceptors (Lipinski definition) is 4. The molecule has 0 spiro atoms. The number of rotatable bonds is 4. The maximum Gasteiger partial charge on any atom is 0.169 e. The highest BCUT2D eigenvalue weighted by Gasteiger charge is 2.30. The summed E-state index contributed by atoms with van der Waals surface area (Å²) in [5.74, 6) is 1.26. The minimum absolute atomic E-state index is 0.0566. The van der Waals surface area contributed by atoms with Crippen molar-refractivity contribution in [2.75, 3.05) is 13.1 Å². The molecule has 1 aliphatic heterocycles. The molecule has 4 heteroatoms. The van der Waals surface area contributed by atoms with Gasteiger partial charge in [-0.25, -0.2) is 0 Å². The van der Waals surface area contributed by atoms with Crippen LogP contribution in [0.3, 0.4) is 0 Å². The first-order valence-corrected chi connectivity index (χ1v) is 6.44. The molecule has 0 saturated carbocycles. The quantitative estimate of drug-likeness (QED) is 0.827. The average molecular weight is 248 g/mol. The SMILES string of the molecule is CC(C)Oc1cncc(C(=O)C2CNCC2C)c1. The van der Waals surface area contributed by atoms with Crippen molar-refractivity contribution >= 4 is 5.78 Å². The third kappa shape index (κ3) is 2.88. The maximum atomic E-state index is 12.4. The van der Waals surface area contributed by atoms with Gasteiger partial charge >= 0.3 is 0 Å². The Bertz CT molecular complexity index is 432. The molecule has 0 bridgehead atoms. The number of nitrogens with one attached hydrogen (secondary N) is 1. The van der Waals surface area contributed by atoms with Gasteiger partial charge in [0.25, 0.3) is 0 Å². The van der Waals surface area contributed by atoms with E-state index in [0.717, 1.165) is 13.1 Å². The molecule has 0 aliphatic carbocycles. The van der Waals surface area contributed by atoms with Crippen LogP contribution in [0.15, 0.2) is 18.5 Å². The highest BCUT2D eigenvalue weighted by atomic mass is 16.5. The summed E-state index contributed by atoms with van der Waals surface area (Å²) in [5, 5.41) is 3.25. The number of nitrogens with zero attached hydrogens (tertiary/aromatic N) is 1. The molecule has 1 N–H and O–H groups in total. The van der Waals surface area contributed by atoms with Gasteiger partial charge in [-0.2, -0.15) is 0 Å². The van der Waals surface area contributed by atoms with Crippen molar-refractivity contribution in [3.05, 3.63) is 24.0 Å². The molecule has 2 rings (SSSR count). The lowest BCUT2D eigenvalue weighted by atomic mass is 9.90. The van der Waals surface area contributed by atoms with Crippen LogP contribution in [0.4, 0.5) is 0 Å². The van der Waals surface area contributed by atoms with E-state index >= 15 is 0 Å². The van der Waals surface area contributed by atoms with E-state index in [4.69, 9.17) is 4.74 Å². The van der Waals surface area contributed by atoms with Crippen LogP contribution in [0.25, 0.3) is 0 Å². The Balaban J connectivity index is 2.15. The number of aromatic nitrogens is 1. The number of hydrogen-bond donors (Lipinski definition) is 1. The Labute approximate surface area is 108 Å². The van der Waals surface area contributed by atoms with Crippen molar-refractivity contribution in [1.29, 1.82) is 0 Å².